The molecule has 2 bridgehead atoms. The highest BCUT2D eigenvalue weighted by molar-refractivity contribution is 5.89. The Hall–Kier alpha value is -1.16. The Bertz CT molecular complexity index is 401. The number of carbonyl (C=O) groups is 2. The van der Waals surface area contributed by atoms with E-state index < -0.39 is 0 Å². The smallest absolute Gasteiger partial charge is 0.224 e. The molecule has 112 valence electrons. The van der Waals surface area contributed by atoms with Crippen molar-refractivity contribution >= 4 is 11.7 Å². The molecule has 1 saturated carbocycles. The van der Waals surface area contributed by atoms with Crippen LogP contribution in [0.5, 0.6) is 0 Å². The monoisotopic (exact) mass is 278 g/mol. The highest BCUT2D eigenvalue weighted by Gasteiger charge is 2.49. The van der Waals surface area contributed by atoms with Crippen LogP contribution in [0.25, 0.3) is 0 Å². The van der Waals surface area contributed by atoms with Gasteiger partial charge in [-0.15, -0.1) is 0 Å². The second kappa shape index (κ2) is 6.53. The zero-order chi connectivity index (χ0) is 14.7. The molecule has 0 spiro atoms. The first kappa shape index (κ1) is 15.2. The molecule has 4 heteroatoms. The molecule has 0 aliphatic heterocycles. The third-order valence-corrected chi connectivity index (χ3v) is 4.85. The van der Waals surface area contributed by atoms with Crippen molar-refractivity contribution in [3.05, 3.63) is 12.2 Å². The lowest BCUT2D eigenvalue weighted by Gasteiger charge is -2.26. The number of carbonyl (C=O) groups excluding carboxylic acids is 2. The normalized spacial score (nSPS) is 31.0. The van der Waals surface area contributed by atoms with E-state index in [1.807, 2.05) is 0 Å². The van der Waals surface area contributed by atoms with E-state index in [1.54, 1.807) is 6.92 Å². The van der Waals surface area contributed by atoms with Crippen molar-refractivity contribution in [2.75, 3.05) is 26.2 Å². The summed E-state index contributed by atoms with van der Waals surface area (Å²) in [5, 5.41) is 3.03. The number of allylic oxidation sites excluding steroid dienone is 2. The highest BCUT2D eigenvalue weighted by atomic mass is 16.2. The Labute approximate surface area is 121 Å². The molecular formula is C16H26N2O2. The van der Waals surface area contributed by atoms with Gasteiger partial charge in [-0.2, -0.15) is 0 Å². The molecule has 1 amide bonds. The number of nitrogens with zero attached hydrogens (tertiary/aromatic N) is 1. The lowest BCUT2D eigenvalue weighted by Crippen LogP contribution is -2.42. The molecule has 1 N–H and O–H groups in total. The SMILES string of the molecule is CCN(CC)CCNC(=O)C1C2C=CC(C2)[C@@H]1C(C)=O. The number of rotatable bonds is 7. The van der Waals surface area contributed by atoms with Gasteiger partial charge < -0.3 is 10.2 Å². The Morgan fingerprint density at radius 3 is 2.30 bits per heavy atom. The minimum Gasteiger partial charge on any atom is -0.355 e. The number of likely N-dealkylation sites (N-methyl/N-ethyl adjacent to an activating group) is 1. The van der Waals surface area contributed by atoms with E-state index in [0.29, 0.717) is 6.54 Å². The molecule has 0 radical (unpaired) electrons. The average molecular weight is 278 g/mol. The molecule has 20 heavy (non-hydrogen) atoms. The van der Waals surface area contributed by atoms with Crippen molar-refractivity contribution in [3.8, 4) is 0 Å². The van der Waals surface area contributed by atoms with Gasteiger partial charge in [0.05, 0.1) is 5.92 Å². The van der Waals surface area contributed by atoms with Crippen molar-refractivity contribution in [2.24, 2.45) is 23.7 Å². The van der Waals surface area contributed by atoms with Crippen molar-refractivity contribution in [2.45, 2.75) is 27.2 Å². The van der Waals surface area contributed by atoms with Gasteiger partial charge in [-0.25, -0.2) is 0 Å². The van der Waals surface area contributed by atoms with E-state index in [1.165, 1.54) is 0 Å². The first-order valence-corrected chi connectivity index (χ1v) is 7.77. The largest absolute Gasteiger partial charge is 0.355 e. The molecule has 0 aromatic rings. The summed E-state index contributed by atoms with van der Waals surface area (Å²) < 4.78 is 0. The van der Waals surface area contributed by atoms with Gasteiger partial charge in [0.1, 0.15) is 5.78 Å². The Morgan fingerprint density at radius 2 is 1.75 bits per heavy atom. The number of ketones is 1. The summed E-state index contributed by atoms with van der Waals surface area (Å²) in [5.74, 6) is 0.538. The van der Waals surface area contributed by atoms with Crippen LogP contribution in [-0.4, -0.2) is 42.8 Å². The summed E-state index contributed by atoms with van der Waals surface area (Å²) in [5.41, 5.74) is 0. The molecule has 0 aromatic heterocycles. The van der Waals surface area contributed by atoms with Gasteiger partial charge in [-0.1, -0.05) is 26.0 Å². The standard InChI is InChI=1S/C16H26N2O2/c1-4-18(5-2)9-8-17-16(20)15-13-7-6-12(10-13)14(15)11(3)19/h6-7,12-15H,4-5,8-10H2,1-3H3,(H,17,20)/t12?,13?,14-,15?/m0/s1. The first-order chi connectivity index (χ1) is 9.58. The van der Waals surface area contributed by atoms with Crippen LogP contribution in [0, 0.1) is 23.7 Å². The molecule has 4 atom stereocenters. The fourth-order valence-corrected chi connectivity index (χ4v) is 3.73. The number of fused-ring (bicyclic) bond motifs is 2. The van der Waals surface area contributed by atoms with E-state index in [0.717, 1.165) is 26.1 Å². The van der Waals surface area contributed by atoms with E-state index in [4.69, 9.17) is 0 Å². The number of amides is 1. The lowest BCUT2D eigenvalue weighted by atomic mass is 9.80. The summed E-state index contributed by atoms with van der Waals surface area (Å²) >= 11 is 0. The van der Waals surface area contributed by atoms with Crippen LogP contribution in [-0.2, 0) is 9.59 Å². The quantitative estimate of drug-likeness (QED) is 0.718. The van der Waals surface area contributed by atoms with Gasteiger partial charge in [0, 0.05) is 19.0 Å². The number of hydrogen-bond donors (Lipinski definition) is 1. The van der Waals surface area contributed by atoms with Gasteiger partial charge in [0.2, 0.25) is 5.91 Å². The molecule has 0 heterocycles. The van der Waals surface area contributed by atoms with Crippen LogP contribution < -0.4 is 5.32 Å². The Balaban J connectivity index is 1.89. The van der Waals surface area contributed by atoms with Crippen LogP contribution in [0.15, 0.2) is 12.2 Å². The minimum atomic E-state index is -0.140. The predicted molar refractivity (Wildman–Crippen MR) is 79.2 cm³/mol. The fraction of sp³-hybridized carbons (Fsp3) is 0.750. The Morgan fingerprint density at radius 1 is 1.15 bits per heavy atom. The van der Waals surface area contributed by atoms with Gasteiger partial charge in [-0.3, -0.25) is 9.59 Å². The van der Waals surface area contributed by atoms with E-state index in [9.17, 15) is 9.59 Å². The molecule has 2 rings (SSSR count). The van der Waals surface area contributed by atoms with E-state index >= 15 is 0 Å². The number of Topliss-reactive ketones (excluding diaryl/α,β-unsaturated/α-hetero) is 1. The summed E-state index contributed by atoms with van der Waals surface area (Å²) in [6.45, 7) is 9.41. The molecule has 0 aromatic carbocycles. The number of hydrogen-bond acceptors (Lipinski definition) is 3. The minimum absolute atomic E-state index is 0.0641. The summed E-state index contributed by atoms with van der Waals surface area (Å²) in [7, 11) is 0. The fourth-order valence-electron chi connectivity index (χ4n) is 3.73. The maximum atomic E-state index is 12.4. The average Bonchev–Trinajstić information content (AvgIpc) is 3.03. The van der Waals surface area contributed by atoms with Gasteiger partial charge in [0.15, 0.2) is 0 Å². The van der Waals surface area contributed by atoms with Gasteiger partial charge in [0.25, 0.3) is 0 Å². The number of nitrogens with one attached hydrogen (secondary N) is 1. The van der Waals surface area contributed by atoms with Crippen LogP contribution in [0.4, 0.5) is 0 Å². The predicted octanol–water partition coefficient (Wildman–Crippen LogP) is 1.47. The van der Waals surface area contributed by atoms with Crippen LogP contribution in [0.2, 0.25) is 0 Å². The second-order valence-electron chi connectivity index (χ2n) is 5.93. The highest BCUT2D eigenvalue weighted by Crippen LogP contribution is 2.48. The molecule has 2 aliphatic rings. The van der Waals surface area contributed by atoms with Crippen molar-refractivity contribution in [3.63, 3.8) is 0 Å². The van der Waals surface area contributed by atoms with Crippen molar-refractivity contribution < 1.29 is 9.59 Å². The van der Waals surface area contributed by atoms with E-state index in [-0.39, 0.29) is 35.4 Å². The topological polar surface area (TPSA) is 49.4 Å². The third kappa shape index (κ3) is 2.95. The second-order valence-corrected chi connectivity index (χ2v) is 5.93. The zero-order valence-corrected chi connectivity index (χ0v) is 12.8. The molecule has 3 unspecified atom stereocenters. The lowest BCUT2D eigenvalue weighted by molar-refractivity contribution is -0.133. The molecule has 1 fully saturated rings. The summed E-state index contributed by atoms with van der Waals surface area (Å²) in [6.07, 6.45) is 5.22. The maximum Gasteiger partial charge on any atom is 0.224 e. The van der Waals surface area contributed by atoms with Gasteiger partial charge in [-0.05, 0) is 38.3 Å². The first-order valence-electron chi connectivity index (χ1n) is 7.77. The Kier molecular flexibility index (Phi) is 4.97. The van der Waals surface area contributed by atoms with Gasteiger partial charge >= 0.3 is 0 Å². The zero-order valence-electron chi connectivity index (χ0n) is 12.8. The van der Waals surface area contributed by atoms with Crippen LogP contribution in [0.3, 0.4) is 0 Å². The maximum absolute atomic E-state index is 12.4. The molecule has 2 aliphatic carbocycles. The van der Waals surface area contributed by atoms with Crippen molar-refractivity contribution in [1.29, 1.82) is 0 Å². The van der Waals surface area contributed by atoms with Crippen molar-refractivity contribution in [1.82, 2.24) is 10.2 Å². The molecule has 4 nitrogen and oxygen atoms in total. The van der Waals surface area contributed by atoms with Crippen LogP contribution in [0.1, 0.15) is 27.2 Å². The summed E-state index contributed by atoms with van der Waals surface area (Å²) in [6, 6.07) is 0. The summed E-state index contributed by atoms with van der Waals surface area (Å²) in [4.78, 5) is 26.5. The van der Waals surface area contributed by atoms with Crippen LogP contribution >= 0.6 is 0 Å². The molecular weight excluding hydrogens is 252 g/mol. The third-order valence-electron chi connectivity index (χ3n) is 4.85. The molecule has 0 saturated heterocycles. The van der Waals surface area contributed by atoms with E-state index in [2.05, 4.69) is 36.2 Å².